The molecule has 1 saturated heterocycles. The van der Waals surface area contributed by atoms with Crippen molar-refractivity contribution in [1.82, 2.24) is 14.0 Å². The highest BCUT2D eigenvalue weighted by Crippen LogP contribution is 2.24. The first kappa shape index (κ1) is 18.3. The van der Waals surface area contributed by atoms with Crippen LogP contribution < -0.4 is 10.3 Å². The van der Waals surface area contributed by atoms with E-state index in [1.54, 1.807) is 17.8 Å². The summed E-state index contributed by atoms with van der Waals surface area (Å²) in [6.07, 6.45) is 5.26. The molecule has 6 heteroatoms. The molecule has 0 bridgehead atoms. The van der Waals surface area contributed by atoms with Crippen LogP contribution in [0.4, 0.5) is 0 Å². The number of benzene rings is 1. The summed E-state index contributed by atoms with van der Waals surface area (Å²) in [5, 5.41) is 0.512. The monoisotopic (exact) mass is 379 g/mol. The van der Waals surface area contributed by atoms with Gasteiger partial charge in [-0.15, -0.1) is 0 Å². The Bertz CT molecular complexity index is 1070. The maximum absolute atomic E-state index is 13.2. The van der Waals surface area contributed by atoms with Crippen molar-refractivity contribution in [2.75, 3.05) is 13.1 Å². The van der Waals surface area contributed by atoms with E-state index in [2.05, 4.69) is 0 Å². The van der Waals surface area contributed by atoms with Gasteiger partial charge in [-0.05, 0) is 24.6 Å². The number of aromatic nitrogens is 2. The highest BCUT2D eigenvalue weighted by molar-refractivity contribution is 6.07. The minimum absolute atomic E-state index is 0.0774. The van der Waals surface area contributed by atoms with E-state index in [4.69, 9.17) is 4.74 Å². The SMILES string of the molecule is Cc1cn(C)c(=O)c2c(C(=O)N3CCC(Oc4ccccc4)CC3)cn(C)c12. The first-order chi connectivity index (χ1) is 13.5. The molecule has 1 aromatic carbocycles. The molecule has 6 nitrogen and oxygen atoms in total. The molecule has 0 saturated carbocycles. The Morgan fingerprint density at radius 1 is 1.04 bits per heavy atom. The third kappa shape index (κ3) is 3.19. The number of hydrogen-bond donors (Lipinski definition) is 0. The van der Waals surface area contributed by atoms with Crippen LogP contribution in [0.5, 0.6) is 5.75 Å². The summed E-state index contributed by atoms with van der Waals surface area (Å²) in [5.74, 6) is 0.784. The number of rotatable bonds is 3. The van der Waals surface area contributed by atoms with Crippen LogP contribution in [-0.2, 0) is 14.1 Å². The zero-order chi connectivity index (χ0) is 19.8. The van der Waals surface area contributed by atoms with Gasteiger partial charge in [-0.3, -0.25) is 9.59 Å². The van der Waals surface area contributed by atoms with Crippen molar-refractivity contribution < 1.29 is 9.53 Å². The predicted octanol–water partition coefficient (Wildman–Crippen LogP) is 2.87. The van der Waals surface area contributed by atoms with Gasteiger partial charge in [-0.25, -0.2) is 0 Å². The zero-order valence-corrected chi connectivity index (χ0v) is 16.5. The molecule has 0 N–H and O–H groups in total. The third-order valence-corrected chi connectivity index (χ3v) is 5.48. The van der Waals surface area contributed by atoms with Gasteiger partial charge in [-0.1, -0.05) is 18.2 Å². The standard InChI is InChI=1S/C22H25N3O3/c1-15-13-24(3)22(27)19-18(14-23(2)20(15)19)21(26)25-11-9-17(10-12-25)28-16-7-5-4-6-8-16/h4-8,13-14,17H,9-12H2,1-3H3. The van der Waals surface area contributed by atoms with Gasteiger partial charge in [0.1, 0.15) is 11.9 Å². The van der Waals surface area contributed by atoms with Crippen molar-refractivity contribution in [3.63, 3.8) is 0 Å². The molecule has 1 fully saturated rings. The summed E-state index contributed by atoms with van der Waals surface area (Å²) in [5.41, 5.74) is 2.17. The smallest absolute Gasteiger partial charge is 0.260 e. The van der Waals surface area contributed by atoms with Crippen molar-refractivity contribution in [2.24, 2.45) is 14.1 Å². The van der Waals surface area contributed by atoms with E-state index in [1.165, 1.54) is 0 Å². The number of pyridine rings is 1. The largest absolute Gasteiger partial charge is 0.490 e. The highest BCUT2D eigenvalue weighted by Gasteiger charge is 2.28. The number of carbonyl (C=O) groups is 1. The number of piperidine rings is 1. The van der Waals surface area contributed by atoms with Crippen LogP contribution >= 0.6 is 0 Å². The molecular weight excluding hydrogens is 354 g/mol. The Labute approximate surface area is 163 Å². The summed E-state index contributed by atoms with van der Waals surface area (Å²) >= 11 is 0. The lowest BCUT2D eigenvalue weighted by Gasteiger charge is -2.32. The van der Waals surface area contributed by atoms with Gasteiger partial charge in [0.15, 0.2) is 0 Å². The van der Waals surface area contributed by atoms with E-state index in [0.29, 0.717) is 24.0 Å². The zero-order valence-electron chi connectivity index (χ0n) is 16.5. The molecule has 1 aliphatic heterocycles. The van der Waals surface area contributed by atoms with Crippen LogP contribution in [0.3, 0.4) is 0 Å². The van der Waals surface area contributed by atoms with E-state index >= 15 is 0 Å². The molecular formula is C22H25N3O3. The minimum Gasteiger partial charge on any atom is -0.490 e. The molecule has 1 aliphatic rings. The van der Waals surface area contributed by atoms with Crippen LogP contribution in [-0.4, -0.2) is 39.1 Å². The van der Waals surface area contributed by atoms with E-state index < -0.39 is 0 Å². The van der Waals surface area contributed by atoms with Gasteiger partial charge in [0, 0.05) is 52.4 Å². The lowest BCUT2D eigenvalue weighted by molar-refractivity contribution is 0.0597. The summed E-state index contributed by atoms with van der Waals surface area (Å²) in [6.45, 7) is 3.21. The third-order valence-electron chi connectivity index (χ3n) is 5.48. The quantitative estimate of drug-likeness (QED) is 0.703. The van der Waals surface area contributed by atoms with E-state index in [-0.39, 0.29) is 17.6 Å². The van der Waals surface area contributed by atoms with E-state index in [1.807, 2.05) is 60.0 Å². The number of fused-ring (bicyclic) bond motifs is 1. The number of para-hydroxylation sites is 1. The molecule has 3 aromatic rings. The molecule has 1 amide bonds. The second-order valence-corrected chi connectivity index (χ2v) is 7.53. The van der Waals surface area contributed by atoms with Crippen LogP contribution in [0, 0.1) is 6.92 Å². The summed E-state index contributed by atoms with van der Waals surface area (Å²) < 4.78 is 9.45. The molecule has 28 heavy (non-hydrogen) atoms. The molecule has 3 heterocycles. The summed E-state index contributed by atoms with van der Waals surface area (Å²) in [6, 6.07) is 9.77. The lowest BCUT2D eigenvalue weighted by atomic mass is 10.1. The van der Waals surface area contributed by atoms with Crippen LogP contribution in [0.25, 0.3) is 10.9 Å². The van der Waals surface area contributed by atoms with Crippen molar-refractivity contribution in [3.05, 3.63) is 64.2 Å². The van der Waals surface area contributed by atoms with Gasteiger partial charge in [0.25, 0.3) is 11.5 Å². The number of nitrogens with zero attached hydrogens (tertiary/aromatic N) is 3. The molecule has 0 unspecified atom stereocenters. The second kappa shape index (κ2) is 7.19. The van der Waals surface area contributed by atoms with Gasteiger partial charge in [0.05, 0.1) is 16.5 Å². The first-order valence-corrected chi connectivity index (χ1v) is 9.62. The molecule has 0 spiro atoms. The molecule has 0 radical (unpaired) electrons. The van der Waals surface area contributed by atoms with Crippen molar-refractivity contribution in [2.45, 2.75) is 25.9 Å². The Balaban J connectivity index is 1.54. The van der Waals surface area contributed by atoms with Gasteiger partial charge in [0.2, 0.25) is 0 Å². The fourth-order valence-corrected chi connectivity index (χ4v) is 4.11. The molecule has 0 atom stereocenters. The first-order valence-electron chi connectivity index (χ1n) is 9.62. The van der Waals surface area contributed by atoms with Gasteiger partial charge >= 0.3 is 0 Å². The highest BCUT2D eigenvalue weighted by atomic mass is 16.5. The molecule has 146 valence electrons. The number of hydrogen-bond acceptors (Lipinski definition) is 3. The number of amides is 1. The fraction of sp³-hybridized carbons (Fsp3) is 0.364. The average Bonchev–Trinajstić information content (AvgIpc) is 3.05. The second-order valence-electron chi connectivity index (χ2n) is 7.53. The number of ether oxygens (including phenoxy) is 1. The Morgan fingerprint density at radius 2 is 1.71 bits per heavy atom. The van der Waals surface area contributed by atoms with Crippen LogP contribution in [0.1, 0.15) is 28.8 Å². The van der Waals surface area contributed by atoms with E-state index in [9.17, 15) is 9.59 Å². The molecule has 4 rings (SSSR count). The predicted molar refractivity (Wildman–Crippen MR) is 109 cm³/mol. The van der Waals surface area contributed by atoms with Gasteiger partial charge in [-0.2, -0.15) is 0 Å². The molecule has 2 aromatic heterocycles. The van der Waals surface area contributed by atoms with Crippen LogP contribution in [0.2, 0.25) is 0 Å². The lowest BCUT2D eigenvalue weighted by Crippen LogP contribution is -2.42. The normalized spacial score (nSPS) is 15.2. The van der Waals surface area contributed by atoms with Crippen molar-refractivity contribution in [1.29, 1.82) is 0 Å². The van der Waals surface area contributed by atoms with Gasteiger partial charge < -0.3 is 18.8 Å². The fourth-order valence-electron chi connectivity index (χ4n) is 4.11. The average molecular weight is 379 g/mol. The Hall–Kier alpha value is -3.02. The van der Waals surface area contributed by atoms with Crippen LogP contribution in [0.15, 0.2) is 47.5 Å². The summed E-state index contributed by atoms with van der Waals surface area (Å²) in [4.78, 5) is 27.7. The Morgan fingerprint density at radius 3 is 2.39 bits per heavy atom. The number of likely N-dealkylation sites (tertiary alicyclic amines) is 1. The summed E-state index contributed by atoms with van der Waals surface area (Å²) in [7, 11) is 3.61. The van der Waals surface area contributed by atoms with E-state index in [0.717, 1.165) is 29.7 Å². The Kier molecular flexibility index (Phi) is 4.71. The molecule has 0 aliphatic carbocycles. The number of aryl methyl sites for hydroxylation is 3. The van der Waals surface area contributed by atoms with Crippen molar-refractivity contribution in [3.8, 4) is 5.75 Å². The topological polar surface area (TPSA) is 56.5 Å². The minimum atomic E-state index is -0.133. The van der Waals surface area contributed by atoms with Crippen molar-refractivity contribution >= 4 is 16.8 Å². The maximum atomic E-state index is 13.2. The maximum Gasteiger partial charge on any atom is 0.260 e. The number of carbonyl (C=O) groups excluding carboxylic acids is 1.